The molecule has 0 spiro atoms. The van der Waals surface area contributed by atoms with Gasteiger partial charge in [0.15, 0.2) is 0 Å². The van der Waals surface area contributed by atoms with Gasteiger partial charge in [-0.25, -0.2) is 4.79 Å². The minimum Gasteiger partial charge on any atom is -0.392 e. The molecule has 1 atom stereocenters. The Hall–Kier alpha value is -1.30. The van der Waals surface area contributed by atoms with E-state index in [4.69, 9.17) is 11.6 Å². The van der Waals surface area contributed by atoms with Crippen LogP contribution in [0, 0.1) is 6.92 Å². The highest BCUT2D eigenvalue weighted by molar-refractivity contribution is 6.33. The normalized spacial score (nSPS) is 23.3. The van der Waals surface area contributed by atoms with Gasteiger partial charge in [0.25, 0.3) is 0 Å². The molecule has 132 valence electrons. The SMILES string of the molecule is Cc1ccc(Cl)c(NC(=O)N2CCC(N3CCC[C@@H](O)C3)CC2)c1. The zero-order chi connectivity index (χ0) is 17.1. The Kier molecular flexibility index (Phi) is 5.64. The molecule has 0 unspecified atom stereocenters. The number of urea groups is 1. The van der Waals surface area contributed by atoms with Crippen LogP contribution >= 0.6 is 11.6 Å². The molecule has 5 nitrogen and oxygen atoms in total. The lowest BCUT2D eigenvalue weighted by Gasteiger charge is -2.41. The maximum Gasteiger partial charge on any atom is 0.321 e. The minimum atomic E-state index is -0.191. The Morgan fingerprint density at radius 2 is 2.00 bits per heavy atom. The average molecular weight is 352 g/mol. The van der Waals surface area contributed by atoms with Crippen LogP contribution in [0.2, 0.25) is 5.02 Å². The fourth-order valence-electron chi connectivity index (χ4n) is 3.68. The maximum absolute atomic E-state index is 12.5. The molecule has 0 saturated carbocycles. The number of hydrogen-bond acceptors (Lipinski definition) is 3. The van der Waals surface area contributed by atoms with Gasteiger partial charge in [0.1, 0.15) is 0 Å². The molecule has 2 aliphatic rings. The van der Waals surface area contributed by atoms with Crippen molar-refractivity contribution in [3.63, 3.8) is 0 Å². The lowest BCUT2D eigenvalue weighted by molar-refractivity contribution is 0.0298. The summed E-state index contributed by atoms with van der Waals surface area (Å²) in [6, 6.07) is 6.02. The Morgan fingerprint density at radius 3 is 2.71 bits per heavy atom. The van der Waals surface area contributed by atoms with Gasteiger partial charge in [-0.05, 0) is 56.8 Å². The van der Waals surface area contributed by atoms with E-state index in [0.717, 1.165) is 57.4 Å². The summed E-state index contributed by atoms with van der Waals surface area (Å²) in [5.74, 6) is 0. The Balaban J connectivity index is 1.52. The second-order valence-corrected chi connectivity index (χ2v) is 7.33. The monoisotopic (exact) mass is 351 g/mol. The highest BCUT2D eigenvalue weighted by Crippen LogP contribution is 2.25. The number of aliphatic hydroxyl groups excluding tert-OH is 1. The fraction of sp³-hybridized carbons (Fsp3) is 0.611. The summed E-state index contributed by atoms with van der Waals surface area (Å²) >= 11 is 6.15. The summed E-state index contributed by atoms with van der Waals surface area (Å²) in [7, 11) is 0. The van der Waals surface area contributed by atoms with Crippen LogP contribution in [0.5, 0.6) is 0 Å². The fourth-order valence-corrected chi connectivity index (χ4v) is 3.84. The lowest BCUT2D eigenvalue weighted by atomic mass is 9.99. The number of likely N-dealkylation sites (tertiary alicyclic amines) is 2. The van der Waals surface area contributed by atoms with Crippen LogP contribution in [0.25, 0.3) is 0 Å². The van der Waals surface area contributed by atoms with Crippen LogP contribution in [0.15, 0.2) is 18.2 Å². The van der Waals surface area contributed by atoms with Gasteiger partial charge in [0, 0.05) is 25.7 Å². The maximum atomic E-state index is 12.5. The first-order valence-corrected chi connectivity index (χ1v) is 9.15. The Morgan fingerprint density at radius 1 is 1.25 bits per heavy atom. The van der Waals surface area contributed by atoms with Crippen molar-refractivity contribution in [2.75, 3.05) is 31.5 Å². The van der Waals surface area contributed by atoms with Gasteiger partial charge >= 0.3 is 6.03 Å². The zero-order valence-corrected chi connectivity index (χ0v) is 14.9. The number of nitrogens with zero attached hydrogens (tertiary/aromatic N) is 2. The van der Waals surface area contributed by atoms with Crippen molar-refractivity contribution in [2.24, 2.45) is 0 Å². The van der Waals surface area contributed by atoms with Crippen molar-refractivity contribution in [3.8, 4) is 0 Å². The largest absolute Gasteiger partial charge is 0.392 e. The number of carbonyl (C=O) groups excluding carboxylic acids is 1. The number of amides is 2. The van der Waals surface area contributed by atoms with E-state index >= 15 is 0 Å². The smallest absolute Gasteiger partial charge is 0.321 e. The molecule has 0 radical (unpaired) electrons. The number of carbonyl (C=O) groups is 1. The average Bonchev–Trinajstić information content (AvgIpc) is 2.58. The third kappa shape index (κ3) is 4.21. The molecule has 1 aromatic rings. The molecule has 24 heavy (non-hydrogen) atoms. The second-order valence-electron chi connectivity index (χ2n) is 6.92. The molecule has 0 bridgehead atoms. The van der Waals surface area contributed by atoms with E-state index in [1.807, 2.05) is 24.0 Å². The third-order valence-corrected chi connectivity index (χ3v) is 5.39. The van der Waals surface area contributed by atoms with Gasteiger partial charge in [-0.3, -0.25) is 4.90 Å². The Bertz CT molecular complexity index is 588. The van der Waals surface area contributed by atoms with Crippen LogP contribution in [0.4, 0.5) is 10.5 Å². The van der Waals surface area contributed by atoms with Gasteiger partial charge in [-0.2, -0.15) is 0 Å². The van der Waals surface area contributed by atoms with Gasteiger partial charge < -0.3 is 15.3 Å². The molecule has 0 aliphatic carbocycles. The number of halogens is 1. The third-order valence-electron chi connectivity index (χ3n) is 5.06. The van der Waals surface area contributed by atoms with Gasteiger partial charge in [0.05, 0.1) is 16.8 Å². The van der Waals surface area contributed by atoms with E-state index in [2.05, 4.69) is 10.2 Å². The number of aliphatic hydroxyl groups is 1. The molecule has 3 rings (SSSR count). The highest BCUT2D eigenvalue weighted by atomic mass is 35.5. The zero-order valence-electron chi connectivity index (χ0n) is 14.2. The molecule has 6 heteroatoms. The first kappa shape index (κ1) is 17.5. The molecule has 2 fully saturated rings. The van der Waals surface area contributed by atoms with Gasteiger partial charge in [-0.1, -0.05) is 17.7 Å². The van der Waals surface area contributed by atoms with Crippen LogP contribution in [0.1, 0.15) is 31.2 Å². The van der Waals surface area contributed by atoms with Crippen molar-refractivity contribution in [2.45, 2.75) is 44.8 Å². The molecule has 2 heterocycles. The Labute approximate surface area is 148 Å². The first-order valence-electron chi connectivity index (χ1n) is 8.77. The first-order chi connectivity index (χ1) is 11.5. The summed E-state index contributed by atoms with van der Waals surface area (Å²) in [6.45, 7) is 5.30. The van der Waals surface area contributed by atoms with E-state index in [9.17, 15) is 9.90 Å². The quantitative estimate of drug-likeness (QED) is 0.860. The molecule has 2 amide bonds. The topological polar surface area (TPSA) is 55.8 Å². The molecule has 2 N–H and O–H groups in total. The second kappa shape index (κ2) is 7.72. The number of aryl methyl sites for hydroxylation is 1. The van der Waals surface area contributed by atoms with Crippen LogP contribution in [-0.4, -0.2) is 59.3 Å². The highest BCUT2D eigenvalue weighted by Gasteiger charge is 2.29. The van der Waals surface area contributed by atoms with E-state index in [1.54, 1.807) is 6.07 Å². The lowest BCUT2D eigenvalue weighted by Crippen LogP contribution is -2.51. The summed E-state index contributed by atoms with van der Waals surface area (Å²) in [6.07, 6.45) is 3.70. The van der Waals surface area contributed by atoms with Crippen molar-refractivity contribution in [1.82, 2.24) is 9.80 Å². The molecule has 1 aromatic carbocycles. The minimum absolute atomic E-state index is 0.0837. The van der Waals surface area contributed by atoms with E-state index in [1.165, 1.54) is 0 Å². The van der Waals surface area contributed by atoms with Gasteiger partial charge in [0.2, 0.25) is 0 Å². The number of hydrogen-bond donors (Lipinski definition) is 2. The summed E-state index contributed by atoms with van der Waals surface area (Å²) in [5.41, 5.74) is 1.74. The number of β-amino-alcohol motifs (C(OH)–C–C–N with tert-alkyl or cyclic N) is 1. The summed E-state index contributed by atoms with van der Waals surface area (Å²) in [4.78, 5) is 16.7. The van der Waals surface area contributed by atoms with Crippen LogP contribution in [0.3, 0.4) is 0 Å². The van der Waals surface area contributed by atoms with Crippen molar-refractivity contribution >= 4 is 23.3 Å². The molecular weight excluding hydrogens is 326 g/mol. The van der Waals surface area contributed by atoms with Crippen LogP contribution < -0.4 is 5.32 Å². The van der Waals surface area contributed by atoms with Crippen molar-refractivity contribution < 1.29 is 9.90 Å². The van der Waals surface area contributed by atoms with E-state index in [0.29, 0.717) is 16.8 Å². The van der Waals surface area contributed by atoms with E-state index < -0.39 is 0 Å². The predicted molar refractivity (Wildman–Crippen MR) is 96.6 cm³/mol. The standard InChI is InChI=1S/C18H26ClN3O2/c1-13-4-5-16(19)17(11-13)20-18(24)21-9-6-14(7-10-21)22-8-2-3-15(23)12-22/h4-5,11,14-15,23H,2-3,6-10,12H2,1H3,(H,20,24)/t15-/m1/s1. The molecular formula is C18H26ClN3O2. The van der Waals surface area contributed by atoms with Crippen molar-refractivity contribution in [1.29, 1.82) is 0 Å². The molecule has 2 saturated heterocycles. The van der Waals surface area contributed by atoms with E-state index in [-0.39, 0.29) is 12.1 Å². The number of anilines is 1. The predicted octanol–water partition coefficient (Wildman–Crippen LogP) is 3.10. The molecule has 0 aromatic heterocycles. The molecule has 2 aliphatic heterocycles. The number of nitrogens with one attached hydrogen (secondary N) is 1. The summed E-state index contributed by atoms with van der Waals surface area (Å²) < 4.78 is 0. The van der Waals surface area contributed by atoms with Crippen molar-refractivity contribution in [3.05, 3.63) is 28.8 Å². The van der Waals surface area contributed by atoms with Crippen LogP contribution in [-0.2, 0) is 0 Å². The summed E-state index contributed by atoms with van der Waals surface area (Å²) in [5, 5.41) is 13.3. The number of piperidine rings is 2. The number of benzene rings is 1. The number of rotatable bonds is 2. The van der Waals surface area contributed by atoms with Gasteiger partial charge in [-0.15, -0.1) is 0 Å².